The first kappa shape index (κ1) is 12.9. The van der Waals surface area contributed by atoms with E-state index in [2.05, 4.69) is 5.10 Å². The van der Waals surface area contributed by atoms with Gasteiger partial charge in [-0.2, -0.15) is 5.10 Å². The lowest BCUT2D eigenvalue weighted by molar-refractivity contribution is 0.0698. The molecule has 3 N–H and O–H groups in total. The highest BCUT2D eigenvalue weighted by Crippen LogP contribution is 2.20. The van der Waals surface area contributed by atoms with Crippen molar-refractivity contribution in [2.45, 2.75) is 20.1 Å². The summed E-state index contributed by atoms with van der Waals surface area (Å²) in [4.78, 5) is 10.8. The van der Waals surface area contributed by atoms with Crippen molar-refractivity contribution in [2.24, 2.45) is 0 Å². The van der Waals surface area contributed by atoms with E-state index < -0.39 is 5.97 Å². The van der Waals surface area contributed by atoms with E-state index in [1.807, 2.05) is 13.1 Å². The molecule has 6 heteroatoms. The summed E-state index contributed by atoms with van der Waals surface area (Å²) in [5.74, 6) is -0.514. The molecule has 0 atom stereocenters. The fourth-order valence-electron chi connectivity index (χ4n) is 1.65. The maximum atomic E-state index is 10.8. The van der Waals surface area contributed by atoms with E-state index in [9.17, 15) is 4.79 Å². The summed E-state index contributed by atoms with van der Waals surface area (Å²) >= 11 is 0. The Balaban J connectivity index is 2.03. The van der Waals surface area contributed by atoms with E-state index in [1.54, 1.807) is 16.9 Å². The van der Waals surface area contributed by atoms with Gasteiger partial charge in [0.2, 0.25) is 0 Å². The third-order valence-corrected chi connectivity index (χ3v) is 2.67. The molecule has 100 valence electrons. The Labute approximate surface area is 110 Å². The quantitative estimate of drug-likeness (QED) is 0.800. The predicted octanol–water partition coefficient (Wildman–Crippen LogP) is 1.76. The zero-order valence-electron chi connectivity index (χ0n) is 10.5. The van der Waals surface area contributed by atoms with Crippen molar-refractivity contribution in [1.82, 2.24) is 9.78 Å². The third kappa shape index (κ3) is 3.04. The highest BCUT2D eigenvalue weighted by molar-refractivity contribution is 5.93. The van der Waals surface area contributed by atoms with Crippen molar-refractivity contribution in [3.63, 3.8) is 0 Å². The van der Waals surface area contributed by atoms with Crippen molar-refractivity contribution >= 4 is 11.7 Å². The highest BCUT2D eigenvalue weighted by atomic mass is 16.5. The summed E-state index contributed by atoms with van der Waals surface area (Å²) in [6.45, 7) is 3.18. The molecule has 2 aromatic rings. The lowest BCUT2D eigenvalue weighted by atomic mass is 10.2. The molecule has 0 bridgehead atoms. The summed E-state index contributed by atoms with van der Waals surface area (Å²) in [7, 11) is 0. The van der Waals surface area contributed by atoms with Crippen LogP contribution in [0.15, 0.2) is 30.6 Å². The molecular weight excluding hydrogens is 246 g/mol. The van der Waals surface area contributed by atoms with Crippen LogP contribution in [0.1, 0.15) is 22.8 Å². The van der Waals surface area contributed by atoms with Crippen LogP contribution in [0.25, 0.3) is 0 Å². The highest BCUT2D eigenvalue weighted by Gasteiger charge is 2.08. The molecule has 0 spiro atoms. The number of benzene rings is 1. The van der Waals surface area contributed by atoms with Crippen molar-refractivity contribution in [3.05, 3.63) is 41.7 Å². The zero-order chi connectivity index (χ0) is 13.8. The zero-order valence-corrected chi connectivity index (χ0v) is 10.5. The number of hydrogen-bond donors (Lipinski definition) is 2. The van der Waals surface area contributed by atoms with E-state index in [4.69, 9.17) is 15.6 Å². The second-order valence-electron chi connectivity index (χ2n) is 4.05. The number of aromatic carboxylic acids is 1. The molecule has 0 fully saturated rings. The number of carbonyl (C=O) groups is 1. The summed E-state index contributed by atoms with van der Waals surface area (Å²) in [5, 5.41) is 13.0. The first-order valence-corrected chi connectivity index (χ1v) is 5.87. The maximum absolute atomic E-state index is 10.8. The van der Waals surface area contributed by atoms with Crippen LogP contribution in [0.4, 0.5) is 5.69 Å². The van der Waals surface area contributed by atoms with E-state index in [-0.39, 0.29) is 11.3 Å². The fraction of sp³-hybridized carbons (Fsp3) is 0.231. The Kier molecular flexibility index (Phi) is 3.70. The summed E-state index contributed by atoms with van der Waals surface area (Å²) < 4.78 is 7.35. The average molecular weight is 261 g/mol. The number of nitrogens with zero attached hydrogens (tertiary/aromatic N) is 2. The lowest BCUT2D eigenvalue weighted by Crippen LogP contribution is -2.03. The van der Waals surface area contributed by atoms with E-state index in [0.29, 0.717) is 12.4 Å². The molecule has 6 nitrogen and oxygen atoms in total. The number of rotatable bonds is 5. The largest absolute Gasteiger partial charge is 0.489 e. The number of ether oxygens (including phenoxy) is 1. The van der Waals surface area contributed by atoms with Crippen LogP contribution in [0, 0.1) is 0 Å². The topological polar surface area (TPSA) is 90.4 Å². The number of nitrogen functional groups attached to an aromatic ring is 1. The average Bonchev–Trinajstić information content (AvgIpc) is 2.84. The SMILES string of the molecule is CCn1cc(COc2ccc(C(=O)O)c(N)c2)cn1. The first-order chi connectivity index (χ1) is 9.10. The first-order valence-electron chi connectivity index (χ1n) is 5.87. The minimum Gasteiger partial charge on any atom is -0.489 e. The normalized spacial score (nSPS) is 10.4. The van der Waals surface area contributed by atoms with Crippen LogP contribution in [0.5, 0.6) is 5.75 Å². The molecule has 0 saturated carbocycles. The minimum atomic E-state index is -1.05. The summed E-state index contributed by atoms with van der Waals surface area (Å²) in [6, 6.07) is 4.53. The Morgan fingerprint density at radius 1 is 1.53 bits per heavy atom. The Morgan fingerprint density at radius 3 is 2.89 bits per heavy atom. The second kappa shape index (κ2) is 5.43. The van der Waals surface area contributed by atoms with Gasteiger partial charge in [-0.25, -0.2) is 4.79 Å². The predicted molar refractivity (Wildman–Crippen MR) is 70.0 cm³/mol. The molecule has 0 aliphatic rings. The van der Waals surface area contributed by atoms with Gasteiger partial charge in [-0.3, -0.25) is 4.68 Å². The van der Waals surface area contributed by atoms with Gasteiger partial charge in [-0.05, 0) is 19.1 Å². The molecule has 0 aliphatic heterocycles. The van der Waals surface area contributed by atoms with Crippen molar-refractivity contribution in [3.8, 4) is 5.75 Å². The number of anilines is 1. The van der Waals surface area contributed by atoms with Crippen LogP contribution in [-0.4, -0.2) is 20.9 Å². The van der Waals surface area contributed by atoms with E-state index in [0.717, 1.165) is 12.1 Å². The fourth-order valence-corrected chi connectivity index (χ4v) is 1.65. The number of carboxylic acids is 1. The van der Waals surface area contributed by atoms with Crippen molar-refractivity contribution < 1.29 is 14.6 Å². The van der Waals surface area contributed by atoms with Gasteiger partial charge in [0.25, 0.3) is 0 Å². The molecule has 1 aromatic heterocycles. The van der Waals surface area contributed by atoms with Gasteiger partial charge in [0.05, 0.1) is 11.8 Å². The van der Waals surface area contributed by atoms with E-state index in [1.165, 1.54) is 12.1 Å². The minimum absolute atomic E-state index is 0.0751. The summed E-state index contributed by atoms with van der Waals surface area (Å²) in [5.41, 5.74) is 6.85. The van der Waals surface area contributed by atoms with Gasteiger partial charge in [-0.15, -0.1) is 0 Å². The van der Waals surface area contributed by atoms with Gasteiger partial charge >= 0.3 is 5.97 Å². The van der Waals surface area contributed by atoms with Crippen molar-refractivity contribution in [1.29, 1.82) is 0 Å². The van der Waals surface area contributed by atoms with Gasteiger partial charge in [0, 0.05) is 30.1 Å². The smallest absolute Gasteiger partial charge is 0.337 e. The van der Waals surface area contributed by atoms with Gasteiger partial charge in [0.15, 0.2) is 0 Å². The Bertz CT molecular complexity index is 593. The number of aryl methyl sites for hydroxylation is 1. The third-order valence-electron chi connectivity index (χ3n) is 2.67. The maximum Gasteiger partial charge on any atom is 0.337 e. The van der Waals surface area contributed by atoms with Crippen LogP contribution in [0.3, 0.4) is 0 Å². The Morgan fingerprint density at radius 2 is 2.32 bits per heavy atom. The molecule has 0 aliphatic carbocycles. The molecule has 0 saturated heterocycles. The molecule has 0 unspecified atom stereocenters. The molecule has 2 rings (SSSR count). The molecule has 0 radical (unpaired) electrons. The number of aromatic nitrogens is 2. The molecule has 1 aromatic carbocycles. The molecule has 19 heavy (non-hydrogen) atoms. The van der Waals surface area contributed by atoms with Gasteiger partial charge < -0.3 is 15.6 Å². The standard InChI is InChI=1S/C13H15N3O3/c1-2-16-7-9(6-15-16)8-19-10-3-4-11(13(17)18)12(14)5-10/h3-7H,2,8,14H2,1H3,(H,17,18). The van der Waals surface area contributed by atoms with Gasteiger partial charge in [-0.1, -0.05) is 0 Å². The second-order valence-corrected chi connectivity index (χ2v) is 4.05. The van der Waals surface area contributed by atoms with Crippen LogP contribution in [-0.2, 0) is 13.2 Å². The molecule has 0 amide bonds. The summed E-state index contributed by atoms with van der Waals surface area (Å²) in [6.07, 6.45) is 3.63. The number of hydrogen-bond acceptors (Lipinski definition) is 4. The number of nitrogens with two attached hydrogens (primary N) is 1. The monoisotopic (exact) mass is 261 g/mol. The van der Waals surface area contributed by atoms with Crippen LogP contribution >= 0.6 is 0 Å². The lowest BCUT2D eigenvalue weighted by Gasteiger charge is -2.07. The van der Waals surface area contributed by atoms with Gasteiger partial charge in [0.1, 0.15) is 12.4 Å². The van der Waals surface area contributed by atoms with Crippen LogP contribution < -0.4 is 10.5 Å². The number of carboxylic acid groups (broad SMARTS) is 1. The van der Waals surface area contributed by atoms with E-state index >= 15 is 0 Å². The molecular formula is C13H15N3O3. The van der Waals surface area contributed by atoms with Crippen molar-refractivity contribution in [2.75, 3.05) is 5.73 Å². The van der Waals surface area contributed by atoms with Crippen LogP contribution in [0.2, 0.25) is 0 Å². The molecule has 1 heterocycles. The Hall–Kier alpha value is -2.50.